The molecule has 1 aliphatic carbocycles. The Morgan fingerprint density at radius 3 is 3.21 bits per heavy atom. The smallest absolute Gasteiger partial charge is 0.181 e. The third-order valence-corrected chi connectivity index (χ3v) is 2.80. The van der Waals surface area contributed by atoms with Gasteiger partial charge in [-0.15, -0.1) is 0 Å². The van der Waals surface area contributed by atoms with Crippen molar-refractivity contribution in [2.24, 2.45) is 5.92 Å². The first-order valence-electron chi connectivity index (χ1n) is 4.67. The largest absolute Gasteiger partial charge is 0.443 e. The first-order valence-corrected chi connectivity index (χ1v) is 4.67. The summed E-state index contributed by atoms with van der Waals surface area (Å²) < 4.78 is 5.32. The molecule has 1 saturated carbocycles. The van der Waals surface area contributed by atoms with Gasteiger partial charge >= 0.3 is 0 Å². The highest BCUT2D eigenvalue weighted by Gasteiger charge is 2.39. The maximum absolute atomic E-state index is 10.6. The molecule has 0 radical (unpaired) electrons. The van der Waals surface area contributed by atoms with E-state index in [1.165, 1.54) is 6.39 Å². The lowest BCUT2D eigenvalue weighted by Crippen LogP contribution is -1.85. The molecule has 1 aliphatic rings. The average Bonchev–Trinajstić information content (AvgIpc) is 2.85. The van der Waals surface area contributed by atoms with E-state index in [0.717, 1.165) is 29.4 Å². The first-order chi connectivity index (χ1) is 6.90. The summed E-state index contributed by atoms with van der Waals surface area (Å²) in [7, 11) is 0. The van der Waals surface area contributed by atoms with Gasteiger partial charge in [-0.05, 0) is 18.4 Å². The lowest BCUT2D eigenvalue weighted by molar-refractivity contribution is -0.108. The second kappa shape index (κ2) is 2.67. The molecule has 3 heteroatoms. The van der Waals surface area contributed by atoms with Crippen molar-refractivity contribution in [3.63, 3.8) is 0 Å². The molecule has 2 aromatic rings. The summed E-state index contributed by atoms with van der Waals surface area (Å²) in [6.07, 6.45) is 3.43. The number of aldehydes is 1. The van der Waals surface area contributed by atoms with Crippen molar-refractivity contribution < 1.29 is 9.21 Å². The van der Waals surface area contributed by atoms with Crippen LogP contribution in [-0.4, -0.2) is 11.3 Å². The fourth-order valence-electron chi connectivity index (χ4n) is 1.92. The predicted molar refractivity (Wildman–Crippen MR) is 50.9 cm³/mol. The van der Waals surface area contributed by atoms with Gasteiger partial charge < -0.3 is 9.21 Å². The van der Waals surface area contributed by atoms with Crippen LogP contribution in [0.5, 0.6) is 0 Å². The van der Waals surface area contributed by atoms with Gasteiger partial charge in [0.05, 0.1) is 0 Å². The summed E-state index contributed by atoms with van der Waals surface area (Å²) in [5.41, 5.74) is 2.83. The van der Waals surface area contributed by atoms with Crippen LogP contribution in [0, 0.1) is 5.92 Å². The van der Waals surface area contributed by atoms with E-state index in [4.69, 9.17) is 4.42 Å². The third-order valence-electron chi connectivity index (χ3n) is 2.80. The van der Waals surface area contributed by atoms with E-state index >= 15 is 0 Å². The maximum atomic E-state index is 10.6. The van der Waals surface area contributed by atoms with Crippen molar-refractivity contribution in [2.45, 2.75) is 12.3 Å². The predicted octanol–water partition coefficient (Wildman–Crippen LogP) is 2.13. The number of rotatable bonds is 2. The Hall–Kier alpha value is -1.64. The molecule has 0 saturated heterocycles. The fraction of sp³-hybridized carbons (Fsp3) is 0.273. The summed E-state index contributed by atoms with van der Waals surface area (Å²) in [4.78, 5) is 14.7. The van der Waals surface area contributed by atoms with Crippen molar-refractivity contribution in [1.82, 2.24) is 4.98 Å². The molecule has 70 valence electrons. The van der Waals surface area contributed by atoms with E-state index < -0.39 is 0 Å². The van der Waals surface area contributed by atoms with Gasteiger partial charge in [-0.3, -0.25) is 0 Å². The van der Waals surface area contributed by atoms with Crippen LogP contribution in [0.15, 0.2) is 29.0 Å². The van der Waals surface area contributed by atoms with Gasteiger partial charge in [0.15, 0.2) is 12.0 Å². The minimum atomic E-state index is 0.186. The number of carbonyl (C=O) groups is 1. The van der Waals surface area contributed by atoms with Crippen LogP contribution < -0.4 is 0 Å². The van der Waals surface area contributed by atoms with Crippen molar-refractivity contribution in [3.8, 4) is 0 Å². The van der Waals surface area contributed by atoms with Gasteiger partial charge in [0.25, 0.3) is 0 Å². The van der Waals surface area contributed by atoms with Crippen molar-refractivity contribution >= 4 is 17.4 Å². The Labute approximate surface area is 80.7 Å². The summed E-state index contributed by atoms with van der Waals surface area (Å²) in [5, 5.41) is 0. The summed E-state index contributed by atoms with van der Waals surface area (Å²) in [5.74, 6) is 0.537. The Morgan fingerprint density at radius 2 is 2.43 bits per heavy atom. The summed E-state index contributed by atoms with van der Waals surface area (Å²) in [6, 6.07) is 5.89. The number of carbonyl (C=O) groups excluding carboxylic acids is 1. The highest BCUT2D eigenvalue weighted by atomic mass is 16.3. The van der Waals surface area contributed by atoms with Gasteiger partial charge in [0, 0.05) is 11.5 Å². The number of hydrogen-bond donors (Lipinski definition) is 0. The molecular weight excluding hydrogens is 178 g/mol. The molecule has 0 bridgehead atoms. The fourth-order valence-corrected chi connectivity index (χ4v) is 1.92. The van der Waals surface area contributed by atoms with Crippen LogP contribution in [0.25, 0.3) is 11.1 Å². The highest BCUT2D eigenvalue weighted by Crippen LogP contribution is 2.47. The Bertz CT molecular complexity index is 489. The van der Waals surface area contributed by atoms with E-state index in [-0.39, 0.29) is 5.92 Å². The van der Waals surface area contributed by atoms with Gasteiger partial charge in [0.2, 0.25) is 0 Å². The molecule has 1 fully saturated rings. The zero-order valence-corrected chi connectivity index (χ0v) is 7.51. The Balaban J connectivity index is 2.12. The molecule has 1 aromatic heterocycles. The first kappa shape index (κ1) is 7.74. The van der Waals surface area contributed by atoms with Crippen LogP contribution in [0.2, 0.25) is 0 Å². The monoisotopic (exact) mass is 187 g/mol. The number of fused-ring (bicyclic) bond motifs is 1. The van der Waals surface area contributed by atoms with E-state index in [1.807, 2.05) is 18.2 Å². The minimum absolute atomic E-state index is 0.186. The molecule has 0 aliphatic heterocycles. The number of aromatic nitrogens is 1. The molecule has 3 rings (SSSR count). The van der Waals surface area contributed by atoms with Crippen LogP contribution in [0.3, 0.4) is 0 Å². The average molecular weight is 187 g/mol. The third kappa shape index (κ3) is 0.985. The topological polar surface area (TPSA) is 43.1 Å². The van der Waals surface area contributed by atoms with Crippen LogP contribution in [0.1, 0.15) is 17.9 Å². The second-order valence-electron chi connectivity index (χ2n) is 3.69. The number of nitrogens with zero attached hydrogens (tertiary/aromatic N) is 1. The van der Waals surface area contributed by atoms with Crippen molar-refractivity contribution in [2.75, 3.05) is 0 Å². The lowest BCUT2D eigenvalue weighted by Gasteiger charge is -1.97. The maximum Gasteiger partial charge on any atom is 0.181 e. The quantitative estimate of drug-likeness (QED) is 0.676. The van der Waals surface area contributed by atoms with Gasteiger partial charge in [-0.25, -0.2) is 4.98 Å². The van der Waals surface area contributed by atoms with Crippen molar-refractivity contribution in [3.05, 3.63) is 30.2 Å². The molecule has 0 spiro atoms. The number of benzene rings is 1. The molecule has 0 N–H and O–H groups in total. The van der Waals surface area contributed by atoms with Gasteiger partial charge in [0.1, 0.15) is 11.8 Å². The van der Waals surface area contributed by atoms with E-state index in [2.05, 4.69) is 4.98 Å². The molecular formula is C11H9NO2. The minimum Gasteiger partial charge on any atom is -0.443 e. The Kier molecular flexibility index (Phi) is 1.48. The SMILES string of the molecule is O=CC1CC1c1cccc2ncoc12. The molecule has 2 unspecified atom stereocenters. The van der Waals surface area contributed by atoms with E-state index in [9.17, 15) is 4.79 Å². The molecule has 14 heavy (non-hydrogen) atoms. The number of para-hydroxylation sites is 1. The van der Waals surface area contributed by atoms with E-state index in [0.29, 0.717) is 5.92 Å². The lowest BCUT2D eigenvalue weighted by atomic mass is 10.1. The standard InChI is InChI=1S/C11H9NO2/c13-5-7-4-9(7)8-2-1-3-10-11(8)14-6-12-10/h1-3,5-7,9H,4H2. The molecule has 2 atom stereocenters. The normalized spacial score (nSPS) is 25.1. The molecule has 1 heterocycles. The molecule has 0 amide bonds. The number of hydrogen-bond acceptors (Lipinski definition) is 3. The van der Waals surface area contributed by atoms with E-state index in [1.54, 1.807) is 0 Å². The highest BCUT2D eigenvalue weighted by molar-refractivity contribution is 5.78. The van der Waals surface area contributed by atoms with Crippen LogP contribution in [0.4, 0.5) is 0 Å². The van der Waals surface area contributed by atoms with Crippen LogP contribution >= 0.6 is 0 Å². The Morgan fingerprint density at radius 1 is 1.50 bits per heavy atom. The molecule has 1 aromatic carbocycles. The van der Waals surface area contributed by atoms with Gasteiger partial charge in [-0.2, -0.15) is 0 Å². The van der Waals surface area contributed by atoms with Gasteiger partial charge in [-0.1, -0.05) is 12.1 Å². The second-order valence-corrected chi connectivity index (χ2v) is 3.69. The number of oxazole rings is 1. The van der Waals surface area contributed by atoms with Crippen LogP contribution in [-0.2, 0) is 4.79 Å². The zero-order chi connectivity index (χ0) is 9.54. The summed E-state index contributed by atoms with van der Waals surface area (Å²) in [6.45, 7) is 0. The van der Waals surface area contributed by atoms with Crippen molar-refractivity contribution in [1.29, 1.82) is 0 Å². The zero-order valence-electron chi connectivity index (χ0n) is 7.51. The summed E-state index contributed by atoms with van der Waals surface area (Å²) >= 11 is 0. The molecule has 3 nitrogen and oxygen atoms in total.